The van der Waals surface area contributed by atoms with Crippen LogP contribution < -0.4 is 14.8 Å². The zero-order chi connectivity index (χ0) is 26.2. The molecule has 3 aromatic rings. The zero-order valence-corrected chi connectivity index (χ0v) is 19.4. The number of amides is 1. The van der Waals surface area contributed by atoms with Crippen LogP contribution in [0, 0.1) is 31.6 Å². The molecule has 3 aromatic carbocycles. The van der Waals surface area contributed by atoms with E-state index in [-0.39, 0.29) is 34.4 Å². The van der Waals surface area contributed by atoms with Crippen LogP contribution in [0.3, 0.4) is 0 Å². The summed E-state index contributed by atoms with van der Waals surface area (Å²) in [6.07, 6.45) is 1.30. The lowest BCUT2D eigenvalue weighted by Gasteiger charge is -2.13. The van der Waals surface area contributed by atoms with Gasteiger partial charge in [0, 0.05) is 12.6 Å². The Morgan fingerprint density at radius 3 is 2.42 bits per heavy atom. The van der Waals surface area contributed by atoms with E-state index in [1.165, 1.54) is 25.3 Å². The van der Waals surface area contributed by atoms with Gasteiger partial charge >= 0.3 is 5.69 Å². The standard InChI is InChI=1S/C24H17ClN4O7/c1-35-22-11-16(9-17(13-26)24(30)27-14-15-5-3-2-4-6-15)10-19(25)23(22)36-21-8-7-18(28(31)32)12-20(21)29(33)34/h2-12H,14H2,1H3,(H,27,30)/b17-9+. The molecule has 3 rings (SSSR count). The number of nitrogens with zero attached hydrogens (tertiary/aromatic N) is 3. The highest BCUT2D eigenvalue weighted by Gasteiger charge is 2.23. The number of carbonyl (C=O) groups is 1. The molecule has 0 saturated heterocycles. The van der Waals surface area contributed by atoms with E-state index in [1.54, 1.807) is 0 Å². The molecule has 182 valence electrons. The largest absolute Gasteiger partial charge is 0.493 e. The predicted molar refractivity (Wildman–Crippen MR) is 130 cm³/mol. The maximum atomic E-state index is 12.5. The van der Waals surface area contributed by atoms with Gasteiger partial charge in [-0.15, -0.1) is 0 Å². The number of non-ortho nitro benzene ring substituents is 1. The lowest BCUT2D eigenvalue weighted by Crippen LogP contribution is -2.23. The first-order valence-electron chi connectivity index (χ1n) is 10.2. The molecular weight excluding hydrogens is 492 g/mol. The Hall–Kier alpha value is -4.95. The van der Waals surface area contributed by atoms with Crippen LogP contribution in [0.1, 0.15) is 11.1 Å². The molecule has 0 fully saturated rings. The van der Waals surface area contributed by atoms with E-state index in [1.807, 2.05) is 36.4 Å². The number of nitro benzene ring substituents is 2. The van der Waals surface area contributed by atoms with Crippen molar-refractivity contribution in [3.8, 4) is 23.3 Å². The van der Waals surface area contributed by atoms with Crippen LogP contribution in [0.25, 0.3) is 6.08 Å². The van der Waals surface area contributed by atoms with E-state index >= 15 is 0 Å². The molecule has 36 heavy (non-hydrogen) atoms. The summed E-state index contributed by atoms with van der Waals surface area (Å²) in [5.41, 5.74) is -0.137. The number of rotatable bonds is 9. The second kappa shape index (κ2) is 11.5. The molecule has 0 bridgehead atoms. The van der Waals surface area contributed by atoms with Crippen molar-refractivity contribution in [3.05, 3.63) is 103 Å². The molecule has 0 saturated carbocycles. The van der Waals surface area contributed by atoms with Crippen LogP contribution in [0.15, 0.2) is 66.2 Å². The van der Waals surface area contributed by atoms with Gasteiger partial charge in [-0.3, -0.25) is 25.0 Å². The summed E-state index contributed by atoms with van der Waals surface area (Å²) in [6.45, 7) is 0.226. The van der Waals surface area contributed by atoms with Crippen LogP contribution in [0.2, 0.25) is 5.02 Å². The average molecular weight is 509 g/mol. The van der Waals surface area contributed by atoms with Gasteiger partial charge in [0.25, 0.3) is 11.6 Å². The molecule has 0 aromatic heterocycles. The second-order valence-electron chi connectivity index (χ2n) is 7.14. The minimum atomic E-state index is -0.826. The van der Waals surface area contributed by atoms with Gasteiger partial charge in [0.05, 0.1) is 28.0 Å². The Morgan fingerprint density at radius 1 is 1.08 bits per heavy atom. The van der Waals surface area contributed by atoms with Crippen LogP contribution in [-0.2, 0) is 11.3 Å². The number of benzene rings is 3. The first kappa shape index (κ1) is 25.7. The number of hydrogen-bond acceptors (Lipinski definition) is 8. The molecule has 1 N–H and O–H groups in total. The molecule has 0 heterocycles. The summed E-state index contributed by atoms with van der Waals surface area (Å²) >= 11 is 6.33. The van der Waals surface area contributed by atoms with Crippen molar-refractivity contribution >= 4 is 35.0 Å². The van der Waals surface area contributed by atoms with E-state index < -0.39 is 27.1 Å². The van der Waals surface area contributed by atoms with Gasteiger partial charge in [-0.25, -0.2) is 0 Å². The van der Waals surface area contributed by atoms with Gasteiger partial charge in [-0.2, -0.15) is 5.26 Å². The second-order valence-corrected chi connectivity index (χ2v) is 7.55. The van der Waals surface area contributed by atoms with Gasteiger partial charge in [-0.05, 0) is 35.4 Å². The topological polar surface area (TPSA) is 158 Å². The van der Waals surface area contributed by atoms with E-state index in [9.17, 15) is 30.3 Å². The fourth-order valence-corrected chi connectivity index (χ4v) is 3.33. The molecule has 1 amide bonds. The van der Waals surface area contributed by atoms with Crippen LogP contribution >= 0.6 is 11.6 Å². The van der Waals surface area contributed by atoms with Crippen LogP contribution in [0.5, 0.6) is 17.2 Å². The van der Waals surface area contributed by atoms with Crippen molar-refractivity contribution in [2.45, 2.75) is 6.54 Å². The van der Waals surface area contributed by atoms with Crippen molar-refractivity contribution in [1.82, 2.24) is 5.32 Å². The number of halogens is 1. The van der Waals surface area contributed by atoms with Crippen molar-refractivity contribution in [2.24, 2.45) is 0 Å². The van der Waals surface area contributed by atoms with Gasteiger partial charge in [0.1, 0.15) is 11.6 Å². The molecule has 11 nitrogen and oxygen atoms in total. The normalized spacial score (nSPS) is 10.8. The first-order valence-corrected chi connectivity index (χ1v) is 10.5. The monoisotopic (exact) mass is 508 g/mol. The van der Waals surface area contributed by atoms with Crippen molar-refractivity contribution < 1.29 is 24.1 Å². The predicted octanol–water partition coefficient (Wildman–Crippen LogP) is 5.18. The number of nitriles is 1. The smallest absolute Gasteiger partial charge is 0.318 e. The van der Waals surface area contributed by atoms with Gasteiger partial charge in [0.15, 0.2) is 11.5 Å². The number of hydrogen-bond donors (Lipinski definition) is 1. The third-order valence-electron chi connectivity index (χ3n) is 4.79. The molecule has 0 unspecified atom stereocenters. The number of ether oxygens (including phenoxy) is 2. The minimum Gasteiger partial charge on any atom is -0.493 e. The SMILES string of the molecule is COc1cc(/C=C(\C#N)C(=O)NCc2ccccc2)cc(Cl)c1Oc1ccc([N+](=O)[O-])cc1[N+](=O)[O-]. The summed E-state index contributed by atoms with van der Waals surface area (Å²) < 4.78 is 10.9. The Balaban J connectivity index is 1.89. The molecule has 0 radical (unpaired) electrons. The number of nitrogens with one attached hydrogen (secondary N) is 1. The molecule has 0 spiro atoms. The number of methoxy groups -OCH3 is 1. The lowest BCUT2D eigenvalue weighted by molar-refractivity contribution is -0.394. The lowest BCUT2D eigenvalue weighted by atomic mass is 10.1. The van der Waals surface area contributed by atoms with Gasteiger partial charge in [-0.1, -0.05) is 41.9 Å². The van der Waals surface area contributed by atoms with E-state index in [0.717, 1.165) is 23.8 Å². The minimum absolute atomic E-state index is 0.0448. The average Bonchev–Trinajstić information content (AvgIpc) is 2.87. The highest BCUT2D eigenvalue weighted by atomic mass is 35.5. The Bertz CT molecular complexity index is 1400. The van der Waals surface area contributed by atoms with Crippen molar-refractivity contribution in [2.75, 3.05) is 7.11 Å². The molecular formula is C24H17ClN4O7. The van der Waals surface area contributed by atoms with E-state index in [4.69, 9.17) is 21.1 Å². The van der Waals surface area contributed by atoms with Crippen LogP contribution in [0.4, 0.5) is 11.4 Å². The van der Waals surface area contributed by atoms with Gasteiger partial charge in [0.2, 0.25) is 5.75 Å². The maximum absolute atomic E-state index is 12.5. The van der Waals surface area contributed by atoms with Crippen LogP contribution in [-0.4, -0.2) is 22.9 Å². The van der Waals surface area contributed by atoms with E-state index in [0.29, 0.717) is 5.56 Å². The summed E-state index contributed by atoms with van der Waals surface area (Å²) in [7, 11) is 1.30. The highest BCUT2D eigenvalue weighted by Crippen LogP contribution is 2.43. The Kier molecular flexibility index (Phi) is 8.17. The van der Waals surface area contributed by atoms with Crippen molar-refractivity contribution in [1.29, 1.82) is 5.26 Å². The highest BCUT2D eigenvalue weighted by molar-refractivity contribution is 6.32. The molecule has 0 aliphatic carbocycles. The summed E-state index contributed by atoms with van der Waals surface area (Å²) in [5, 5.41) is 34.4. The molecule has 12 heteroatoms. The third kappa shape index (κ3) is 6.13. The number of nitro groups is 2. The fourth-order valence-electron chi connectivity index (χ4n) is 3.07. The zero-order valence-electron chi connectivity index (χ0n) is 18.6. The Morgan fingerprint density at radius 2 is 1.81 bits per heavy atom. The quantitative estimate of drug-likeness (QED) is 0.179. The molecule has 0 aliphatic heterocycles. The van der Waals surface area contributed by atoms with E-state index in [2.05, 4.69) is 5.32 Å². The first-order chi connectivity index (χ1) is 17.2. The Labute approximate surface area is 209 Å². The molecule has 0 aliphatic rings. The van der Waals surface area contributed by atoms with Crippen molar-refractivity contribution in [3.63, 3.8) is 0 Å². The summed E-state index contributed by atoms with van der Waals surface area (Å²) in [5.74, 6) is -0.950. The fraction of sp³-hybridized carbons (Fsp3) is 0.0833. The summed E-state index contributed by atoms with van der Waals surface area (Å²) in [6, 6.07) is 16.7. The molecule has 0 atom stereocenters. The van der Waals surface area contributed by atoms with Gasteiger partial charge < -0.3 is 14.8 Å². The summed E-state index contributed by atoms with van der Waals surface area (Å²) in [4.78, 5) is 33.2. The maximum Gasteiger partial charge on any atom is 0.318 e. The third-order valence-corrected chi connectivity index (χ3v) is 5.07. The number of carbonyl (C=O) groups excluding carboxylic acids is 1.